The molecule has 28 heavy (non-hydrogen) atoms. The lowest BCUT2D eigenvalue weighted by Gasteiger charge is -2.26. The zero-order chi connectivity index (χ0) is 20.0. The van der Waals surface area contributed by atoms with Crippen molar-refractivity contribution in [2.75, 3.05) is 19.8 Å². The molecule has 4 heteroatoms. The van der Waals surface area contributed by atoms with Crippen LogP contribution in [0.25, 0.3) is 0 Å². The van der Waals surface area contributed by atoms with Gasteiger partial charge in [-0.2, -0.15) is 0 Å². The van der Waals surface area contributed by atoms with Crippen LogP contribution in [0.2, 0.25) is 0 Å². The number of hydrogen-bond donors (Lipinski definition) is 1. The number of benzene rings is 2. The molecule has 2 unspecified atom stereocenters. The van der Waals surface area contributed by atoms with Crippen molar-refractivity contribution in [1.82, 2.24) is 0 Å². The molecule has 0 saturated carbocycles. The Labute approximate surface area is 168 Å². The first-order valence-corrected chi connectivity index (χ1v) is 10.3. The topological polar surface area (TPSA) is 51.2 Å². The van der Waals surface area contributed by atoms with Crippen LogP contribution in [0, 0.1) is 0 Å². The molecule has 152 valence electrons. The summed E-state index contributed by atoms with van der Waals surface area (Å²) in [4.78, 5) is 0. The van der Waals surface area contributed by atoms with Crippen molar-refractivity contribution in [2.24, 2.45) is 0 Å². The van der Waals surface area contributed by atoms with Crippen molar-refractivity contribution in [3.8, 4) is 11.5 Å². The summed E-state index contributed by atoms with van der Waals surface area (Å²) in [6, 6.07) is 16.5. The molecule has 0 amide bonds. The zero-order valence-corrected chi connectivity index (χ0v) is 17.2. The van der Waals surface area contributed by atoms with Gasteiger partial charge in [0.05, 0.1) is 25.4 Å². The van der Waals surface area contributed by atoms with Crippen molar-refractivity contribution in [1.29, 1.82) is 0 Å². The molecule has 2 aromatic rings. The van der Waals surface area contributed by atoms with Gasteiger partial charge in [0.2, 0.25) is 0 Å². The first-order chi connectivity index (χ1) is 13.5. The van der Waals surface area contributed by atoms with Gasteiger partial charge in [0, 0.05) is 11.8 Å². The van der Waals surface area contributed by atoms with Crippen LogP contribution >= 0.6 is 0 Å². The Morgan fingerprint density at radius 2 is 1.54 bits per heavy atom. The Balaban J connectivity index is 1.57. The maximum Gasteiger partial charge on any atom is 0.119 e. The molecule has 0 spiro atoms. The van der Waals surface area contributed by atoms with Crippen LogP contribution in [0.4, 0.5) is 0 Å². The minimum absolute atomic E-state index is 0.122. The molecular weight excluding hydrogens is 352 g/mol. The molecule has 1 saturated heterocycles. The predicted molar refractivity (Wildman–Crippen MR) is 111 cm³/mol. The number of hydrogen-bond acceptors (Lipinski definition) is 4. The van der Waals surface area contributed by atoms with E-state index in [0.29, 0.717) is 13.0 Å². The predicted octanol–water partition coefficient (Wildman–Crippen LogP) is 4.72. The third kappa shape index (κ3) is 5.73. The zero-order valence-electron chi connectivity index (χ0n) is 17.2. The fraction of sp³-hybridized carbons (Fsp3) is 0.500. The summed E-state index contributed by atoms with van der Waals surface area (Å²) in [6.07, 6.45) is 2.58. The van der Waals surface area contributed by atoms with E-state index in [-0.39, 0.29) is 11.5 Å². The molecule has 1 N–H and O–H groups in total. The normalized spacial score (nSPS) is 17.2. The standard InChI is InChI=1S/C24H32O4/c1-4-5-14-26-21-10-6-18(7-11-21)24(2,3)19-8-12-22(13-9-19)27-16-20(25)15-23-17-28-23/h6-13,20,23,25H,4-5,14-17H2,1-3H3. The van der Waals surface area contributed by atoms with Gasteiger partial charge in [-0.15, -0.1) is 0 Å². The van der Waals surface area contributed by atoms with E-state index in [2.05, 4.69) is 57.2 Å². The quantitative estimate of drug-likeness (QED) is 0.450. The highest BCUT2D eigenvalue weighted by Gasteiger charge is 2.26. The van der Waals surface area contributed by atoms with Crippen molar-refractivity contribution in [3.63, 3.8) is 0 Å². The molecular formula is C24H32O4. The minimum atomic E-state index is -0.485. The number of epoxide rings is 1. The molecule has 1 aliphatic heterocycles. The van der Waals surface area contributed by atoms with E-state index in [0.717, 1.165) is 37.6 Å². The lowest BCUT2D eigenvalue weighted by atomic mass is 9.78. The summed E-state index contributed by atoms with van der Waals surface area (Å²) in [7, 11) is 0. The van der Waals surface area contributed by atoms with Crippen LogP contribution in [-0.4, -0.2) is 37.1 Å². The molecule has 0 radical (unpaired) electrons. The molecule has 1 aliphatic rings. The molecule has 1 heterocycles. The van der Waals surface area contributed by atoms with Gasteiger partial charge in [-0.3, -0.25) is 0 Å². The largest absolute Gasteiger partial charge is 0.494 e. The van der Waals surface area contributed by atoms with Crippen molar-refractivity contribution >= 4 is 0 Å². The van der Waals surface area contributed by atoms with Crippen LogP contribution in [0.5, 0.6) is 11.5 Å². The number of rotatable bonds is 11. The van der Waals surface area contributed by atoms with Crippen LogP contribution in [-0.2, 0) is 10.2 Å². The van der Waals surface area contributed by atoms with Crippen molar-refractivity contribution in [2.45, 2.75) is 57.7 Å². The second-order valence-corrected chi connectivity index (χ2v) is 8.03. The Kier molecular flexibility index (Phi) is 6.97. The van der Waals surface area contributed by atoms with Gasteiger partial charge in [-0.05, 0) is 41.8 Å². The van der Waals surface area contributed by atoms with Crippen LogP contribution in [0.15, 0.2) is 48.5 Å². The Morgan fingerprint density at radius 3 is 2.04 bits per heavy atom. The number of ether oxygens (including phenoxy) is 3. The van der Waals surface area contributed by atoms with Gasteiger partial charge in [0.1, 0.15) is 18.1 Å². The van der Waals surface area contributed by atoms with Gasteiger partial charge in [-0.25, -0.2) is 0 Å². The van der Waals surface area contributed by atoms with Gasteiger partial charge < -0.3 is 19.3 Å². The summed E-state index contributed by atoms with van der Waals surface area (Å²) in [6.45, 7) is 8.42. The summed E-state index contributed by atoms with van der Waals surface area (Å²) in [5.74, 6) is 1.70. The SMILES string of the molecule is CCCCOc1ccc(C(C)(C)c2ccc(OCC(O)CC3CO3)cc2)cc1. The van der Waals surface area contributed by atoms with E-state index in [4.69, 9.17) is 14.2 Å². The average molecular weight is 385 g/mol. The van der Waals surface area contributed by atoms with E-state index >= 15 is 0 Å². The van der Waals surface area contributed by atoms with E-state index in [1.807, 2.05) is 12.1 Å². The van der Waals surface area contributed by atoms with E-state index in [1.165, 1.54) is 11.1 Å². The summed E-state index contributed by atoms with van der Waals surface area (Å²) < 4.78 is 16.6. The van der Waals surface area contributed by atoms with Crippen LogP contribution in [0.1, 0.15) is 51.2 Å². The van der Waals surface area contributed by atoms with E-state index in [9.17, 15) is 5.11 Å². The average Bonchev–Trinajstić information content (AvgIpc) is 3.51. The molecule has 2 aromatic carbocycles. The van der Waals surface area contributed by atoms with Crippen LogP contribution < -0.4 is 9.47 Å². The molecule has 1 fully saturated rings. The summed E-state index contributed by atoms with van der Waals surface area (Å²) in [5.41, 5.74) is 2.33. The van der Waals surface area contributed by atoms with E-state index in [1.54, 1.807) is 0 Å². The molecule has 3 rings (SSSR count). The third-order valence-electron chi connectivity index (χ3n) is 5.30. The van der Waals surface area contributed by atoms with Crippen molar-refractivity contribution < 1.29 is 19.3 Å². The van der Waals surface area contributed by atoms with Crippen molar-refractivity contribution in [3.05, 3.63) is 59.7 Å². The second-order valence-electron chi connectivity index (χ2n) is 8.03. The van der Waals surface area contributed by atoms with E-state index < -0.39 is 6.10 Å². The van der Waals surface area contributed by atoms with Gasteiger partial charge >= 0.3 is 0 Å². The molecule has 0 aliphatic carbocycles. The Morgan fingerprint density at radius 1 is 1.00 bits per heavy atom. The number of aliphatic hydroxyl groups is 1. The third-order valence-corrected chi connectivity index (χ3v) is 5.30. The van der Waals surface area contributed by atoms with Gasteiger partial charge in [0.15, 0.2) is 0 Å². The molecule has 2 atom stereocenters. The minimum Gasteiger partial charge on any atom is -0.494 e. The summed E-state index contributed by atoms with van der Waals surface area (Å²) in [5, 5.41) is 9.93. The second kappa shape index (κ2) is 9.44. The maximum atomic E-state index is 9.93. The fourth-order valence-electron chi connectivity index (χ4n) is 3.20. The first-order valence-electron chi connectivity index (χ1n) is 10.3. The highest BCUT2D eigenvalue weighted by molar-refractivity contribution is 5.41. The highest BCUT2D eigenvalue weighted by atomic mass is 16.6. The molecule has 0 aromatic heterocycles. The first kappa shape index (κ1) is 20.7. The Hall–Kier alpha value is -2.04. The van der Waals surface area contributed by atoms with Crippen LogP contribution in [0.3, 0.4) is 0 Å². The summed E-state index contributed by atoms with van der Waals surface area (Å²) >= 11 is 0. The lowest BCUT2D eigenvalue weighted by Crippen LogP contribution is -2.20. The highest BCUT2D eigenvalue weighted by Crippen LogP contribution is 2.33. The monoisotopic (exact) mass is 384 g/mol. The molecule has 0 bridgehead atoms. The fourth-order valence-corrected chi connectivity index (χ4v) is 3.20. The molecule has 4 nitrogen and oxygen atoms in total. The number of unbranched alkanes of at least 4 members (excludes halogenated alkanes) is 1. The smallest absolute Gasteiger partial charge is 0.119 e. The number of aliphatic hydroxyl groups excluding tert-OH is 1. The Bertz CT molecular complexity index is 717. The van der Waals surface area contributed by atoms with Gasteiger partial charge in [-0.1, -0.05) is 51.5 Å². The maximum absolute atomic E-state index is 9.93. The van der Waals surface area contributed by atoms with Gasteiger partial charge in [0.25, 0.3) is 0 Å². The lowest BCUT2D eigenvalue weighted by molar-refractivity contribution is 0.0925.